The van der Waals surface area contributed by atoms with Crippen molar-refractivity contribution in [2.75, 3.05) is 5.75 Å². The first-order valence-electron chi connectivity index (χ1n) is 8.37. The molecule has 4 nitrogen and oxygen atoms in total. The minimum atomic E-state index is -0.132. The van der Waals surface area contributed by atoms with Crippen LogP contribution in [0.3, 0.4) is 0 Å². The molecule has 1 aliphatic rings. The van der Waals surface area contributed by atoms with E-state index in [1.165, 1.54) is 10.5 Å². The zero-order valence-electron chi connectivity index (χ0n) is 14.0. The minimum absolute atomic E-state index is 0.0319. The van der Waals surface area contributed by atoms with Crippen LogP contribution in [0.4, 0.5) is 0 Å². The highest BCUT2D eigenvalue weighted by molar-refractivity contribution is 7.99. The summed E-state index contributed by atoms with van der Waals surface area (Å²) in [4.78, 5) is 14.0. The lowest BCUT2D eigenvalue weighted by atomic mass is 10.0. The van der Waals surface area contributed by atoms with Gasteiger partial charge in [0.15, 0.2) is 0 Å². The Kier molecular flexibility index (Phi) is 5.51. The average molecular weight is 364 g/mol. The number of halogens is 1. The number of rotatable bonds is 5. The smallest absolute Gasteiger partial charge is 0.256 e. The Bertz CT molecular complexity index is 744. The van der Waals surface area contributed by atoms with Gasteiger partial charge >= 0.3 is 0 Å². The van der Waals surface area contributed by atoms with E-state index in [9.17, 15) is 4.79 Å². The van der Waals surface area contributed by atoms with Crippen LogP contribution in [0.2, 0.25) is 5.15 Å². The van der Waals surface area contributed by atoms with Gasteiger partial charge in [-0.15, -0.1) is 11.8 Å². The van der Waals surface area contributed by atoms with Gasteiger partial charge in [0, 0.05) is 17.2 Å². The number of benzene rings is 1. The highest BCUT2D eigenvalue weighted by Crippen LogP contribution is 2.36. The number of carbonyl (C=O) groups excluding carboxylic acids is 1. The lowest BCUT2D eigenvalue weighted by Gasteiger charge is -2.25. The average Bonchev–Trinajstić information content (AvgIpc) is 2.87. The third-order valence-corrected chi connectivity index (χ3v) is 5.79. The van der Waals surface area contributed by atoms with Crippen LogP contribution < -0.4 is 5.32 Å². The molecule has 128 valence electrons. The van der Waals surface area contributed by atoms with E-state index in [0.29, 0.717) is 16.4 Å². The highest BCUT2D eigenvalue weighted by Gasteiger charge is 2.26. The summed E-state index contributed by atoms with van der Waals surface area (Å²) in [6, 6.07) is 8.29. The molecular formula is C18H22ClN3OS. The van der Waals surface area contributed by atoms with Crippen LogP contribution in [-0.2, 0) is 6.54 Å². The number of aryl methyl sites for hydroxylation is 2. The van der Waals surface area contributed by atoms with Crippen LogP contribution in [0.15, 0.2) is 29.2 Å². The molecule has 2 heterocycles. The van der Waals surface area contributed by atoms with E-state index in [4.69, 9.17) is 11.6 Å². The standard InChI is InChI=1S/C18H22ClN3OS/c1-3-4-10-22-17(19)16(12(2)21-22)18(23)20-14-9-11-24-15-8-6-5-7-13(14)15/h5-8,14H,3-4,9-11H2,1-2H3,(H,20,23). The monoisotopic (exact) mass is 363 g/mol. The number of nitrogens with one attached hydrogen (secondary N) is 1. The molecule has 1 aromatic carbocycles. The second-order valence-corrected chi connectivity index (χ2v) is 7.52. The van der Waals surface area contributed by atoms with Gasteiger partial charge in [-0.05, 0) is 31.4 Å². The maximum Gasteiger partial charge on any atom is 0.256 e. The van der Waals surface area contributed by atoms with Crippen LogP contribution >= 0.6 is 23.4 Å². The van der Waals surface area contributed by atoms with Gasteiger partial charge in [0.25, 0.3) is 5.91 Å². The van der Waals surface area contributed by atoms with Crippen LogP contribution in [0.25, 0.3) is 0 Å². The van der Waals surface area contributed by atoms with Gasteiger partial charge in [-0.3, -0.25) is 9.48 Å². The molecule has 0 spiro atoms. The summed E-state index contributed by atoms with van der Waals surface area (Å²) in [6.07, 6.45) is 2.98. The molecule has 1 aliphatic heterocycles. The lowest BCUT2D eigenvalue weighted by molar-refractivity contribution is 0.0934. The molecule has 0 saturated carbocycles. The predicted octanol–water partition coefficient (Wildman–Crippen LogP) is 4.61. The minimum Gasteiger partial charge on any atom is -0.345 e. The van der Waals surface area contributed by atoms with Gasteiger partial charge < -0.3 is 5.32 Å². The Hall–Kier alpha value is -1.46. The van der Waals surface area contributed by atoms with Crippen molar-refractivity contribution in [1.29, 1.82) is 0 Å². The van der Waals surface area contributed by atoms with Gasteiger partial charge in [-0.1, -0.05) is 43.1 Å². The molecular weight excluding hydrogens is 342 g/mol. The van der Waals surface area contributed by atoms with Crippen molar-refractivity contribution < 1.29 is 4.79 Å². The third kappa shape index (κ3) is 3.47. The SMILES string of the molecule is CCCCn1nc(C)c(C(=O)NC2CCSc3ccccc32)c1Cl. The second-order valence-electron chi connectivity index (χ2n) is 6.03. The zero-order chi connectivity index (χ0) is 17.1. The maximum atomic E-state index is 12.8. The number of fused-ring (bicyclic) bond motifs is 1. The summed E-state index contributed by atoms with van der Waals surface area (Å²) in [6.45, 7) is 4.71. The lowest BCUT2D eigenvalue weighted by Crippen LogP contribution is -2.31. The Morgan fingerprint density at radius 3 is 3.04 bits per heavy atom. The van der Waals surface area contributed by atoms with Crippen molar-refractivity contribution in [3.8, 4) is 0 Å². The van der Waals surface area contributed by atoms with Gasteiger partial charge in [0.1, 0.15) is 5.15 Å². The molecule has 0 fully saturated rings. The number of hydrogen-bond donors (Lipinski definition) is 1. The van der Waals surface area contributed by atoms with Gasteiger partial charge in [0.05, 0.1) is 17.3 Å². The largest absolute Gasteiger partial charge is 0.345 e. The van der Waals surface area contributed by atoms with Crippen molar-refractivity contribution in [3.05, 3.63) is 46.2 Å². The van der Waals surface area contributed by atoms with Crippen molar-refractivity contribution in [2.45, 2.75) is 50.6 Å². The summed E-state index contributed by atoms with van der Waals surface area (Å²) < 4.78 is 1.74. The summed E-state index contributed by atoms with van der Waals surface area (Å²) in [5.41, 5.74) is 2.38. The number of nitrogens with zero attached hydrogens (tertiary/aromatic N) is 2. The third-order valence-electron chi connectivity index (χ3n) is 4.28. The van der Waals surface area contributed by atoms with Crippen LogP contribution in [0, 0.1) is 6.92 Å². The predicted molar refractivity (Wildman–Crippen MR) is 98.9 cm³/mol. The Morgan fingerprint density at radius 1 is 1.46 bits per heavy atom. The fraction of sp³-hybridized carbons (Fsp3) is 0.444. The topological polar surface area (TPSA) is 46.9 Å². The second kappa shape index (κ2) is 7.62. The molecule has 24 heavy (non-hydrogen) atoms. The van der Waals surface area contributed by atoms with E-state index in [1.807, 2.05) is 30.8 Å². The number of amides is 1. The molecule has 1 atom stereocenters. The molecule has 0 radical (unpaired) electrons. The fourth-order valence-electron chi connectivity index (χ4n) is 2.99. The Labute approximate surface area is 152 Å². The summed E-state index contributed by atoms with van der Waals surface area (Å²) in [5, 5.41) is 8.02. The summed E-state index contributed by atoms with van der Waals surface area (Å²) in [5.74, 6) is 0.872. The molecule has 6 heteroatoms. The van der Waals surface area contributed by atoms with E-state index in [1.54, 1.807) is 4.68 Å². The van der Waals surface area contributed by atoms with Crippen molar-refractivity contribution in [1.82, 2.24) is 15.1 Å². The van der Waals surface area contributed by atoms with Gasteiger partial charge in [-0.25, -0.2) is 0 Å². The quantitative estimate of drug-likeness (QED) is 0.843. The molecule has 0 saturated heterocycles. The van der Waals surface area contributed by atoms with Crippen LogP contribution in [0.1, 0.15) is 53.8 Å². The fourth-order valence-corrected chi connectivity index (χ4v) is 4.46. The maximum absolute atomic E-state index is 12.8. The Morgan fingerprint density at radius 2 is 2.25 bits per heavy atom. The first-order valence-corrected chi connectivity index (χ1v) is 9.73. The van der Waals surface area contributed by atoms with E-state index in [-0.39, 0.29) is 11.9 Å². The van der Waals surface area contributed by atoms with Crippen molar-refractivity contribution in [2.24, 2.45) is 0 Å². The van der Waals surface area contributed by atoms with Crippen LogP contribution in [-0.4, -0.2) is 21.4 Å². The number of aromatic nitrogens is 2. The van der Waals surface area contributed by atoms with E-state index < -0.39 is 0 Å². The molecule has 0 aliphatic carbocycles. The number of unbranched alkanes of at least 4 members (excludes halogenated alkanes) is 1. The molecule has 1 unspecified atom stereocenters. The zero-order valence-corrected chi connectivity index (χ0v) is 15.6. The van der Waals surface area contributed by atoms with Crippen molar-refractivity contribution in [3.63, 3.8) is 0 Å². The van der Waals surface area contributed by atoms with Gasteiger partial charge in [-0.2, -0.15) is 5.10 Å². The molecule has 1 N–H and O–H groups in total. The Balaban J connectivity index is 1.80. The number of hydrogen-bond acceptors (Lipinski definition) is 3. The van der Waals surface area contributed by atoms with E-state index in [0.717, 1.165) is 31.6 Å². The molecule has 2 aromatic rings. The van der Waals surface area contributed by atoms with Crippen LogP contribution in [0.5, 0.6) is 0 Å². The molecule has 1 aromatic heterocycles. The van der Waals surface area contributed by atoms with Crippen molar-refractivity contribution >= 4 is 29.3 Å². The van der Waals surface area contributed by atoms with Gasteiger partial charge in [0.2, 0.25) is 0 Å². The molecule has 0 bridgehead atoms. The molecule has 1 amide bonds. The number of thioether (sulfide) groups is 1. The number of carbonyl (C=O) groups is 1. The summed E-state index contributed by atoms with van der Waals surface area (Å²) >= 11 is 8.25. The first kappa shape index (κ1) is 17.4. The normalized spacial score (nSPS) is 16.7. The molecule has 3 rings (SSSR count). The van der Waals surface area contributed by atoms with E-state index >= 15 is 0 Å². The highest BCUT2D eigenvalue weighted by atomic mass is 35.5. The first-order chi connectivity index (χ1) is 11.6. The summed E-state index contributed by atoms with van der Waals surface area (Å²) in [7, 11) is 0. The van der Waals surface area contributed by atoms with E-state index in [2.05, 4.69) is 29.5 Å².